The van der Waals surface area contributed by atoms with Gasteiger partial charge >= 0.3 is 5.97 Å². The number of ether oxygens (including phenoxy) is 1. The fourth-order valence-electron chi connectivity index (χ4n) is 2.50. The Hall–Kier alpha value is -2.09. The van der Waals surface area contributed by atoms with Crippen LogP contribution in [0.25, 0.3) is 0 Å². The SMILES string of the molecule is CCOC(=O)C1CCN(c2cccc(F)c2C#N)CC1. The molecule has 0 bridgehead atoms. The Morgan fingerprint density at radius 2 is 2.20 bits per heavy atom. The van der Waals surface area contributed by atoms with Crippen molar-refractivity contribution in [2.24, 2.45) is 5.92 Å². The molecule has 1 heterocycles. The highest BCUT2D eigenvalue weighted by molar-refractivity contribution is 5.73. The molecule has 106 valence electrons. The highest BCUT2D eigenvalue weighted by Gasteiger charge is 2.27. The van der Waals surface area contributed by atoms with Crippen molar-refractivity contribution in [1.29, 1.82) is 5.26 Å². The lowest BCUT2D eigenvalue weighted by atomic mass is 9.96. The van der Waals surface area contributed by atoms with Gasteiger partial charge in [0.05, 0.1) is 18.2 Å². The van der Waals surface area contributed by atoms with Crippen LogP contribution in [-0.2, 0) is 9.53 Å². The van der Waals surface area contributed by atoms with Crippen LogP contribution < -0.4 is 4.90 Å². The number of halogens is 1. The Kier molecular flexibility index (Phi) is 4.57. The predicted molar refractivity (Wildman–Crippen MR) is 72.7 cm³/mol. The molecule has 20 heavy (non-hydrogen) atoms. The second kappa shape index (κ2) is 6.38. The minimum absolute atomic E-state index is 0.0714. The van der Waals surface area contributed by atoms with Crippen molar-refractivity contribution in [3.05, 3.63) is 29.6 Å². The zero-order valence-corrected chi connectivity index (χ0v) is 11.4. The summed E-state index contributed by atoms with van der Waals surface area (Å²) in [4.78, 5) is 13.6. The zero-order chi connectivity index (χ0) is 14.5. The normalized spacial score (nSPS) is 15.8. The van der Waals surface area contributed by atoms with Gasteiger partial charge in [-0.2, -0.15) is 5.26 Å². The van der Waals surface area contributed by atoms with Crippen LogP contribution in [-0.4, -0.2) is 25.7 Å². The maximum absolute atomic E-state index is 13.6. The first kappa shape index (κ1) is 14.3. The zero-order valence-electron chi connectivity index (χ0n) is 11.4. The van der Waals surface area contributed by atoms with Gasteiger partial charge in [0.1, 0.15) is 17.4 Å². The minimum Gasteiger partial charge on any atom is -0.466 e. The first-order valence-electron chi connectivity index (χ1n) is 6.77. The molecule has 5 heteroatoms. The van der Waals surface area contributed by atoms with Crippen LogP contribution >= 0.6 is 0 Å². The van der Waals surface area contributed by atoms with Gasteiger partial charge in [-0.25, -0.2) is 4.39 Å². The van der Waals surface area contributed by atoms with Gasteiger partial charge < -0.3 is 9.64 Å². The molecule has 4 nitrogen and oxygen atoms in total. The molecule has 0 amide bonds. The molecule has 1 aliphatic rings. The molecule has 0 atom stereocenters. The van der Waals surface area contributed by atoms with Crippen LogP contribution in [0.5, 0.6) is 0 Å². The van der Waals surface area contributed by atoms with E-state index in [9.17, 15) is 9.18 Å². The number of rotatable bonds is 3. The molecular formula is C15H17FN2O2. The maximum atomic E-state index is 13.6. The number of carbonyl (C=O) groups excluding carboxylic acids is 1. The predicted octanol–water partition coefficient (Wildman–Crippen LogP) is 2.48. The van der Waals surface area contributed by atoms with Crippen molar-refractivity contribution in [2.45, 2.75) is 19.8 Å². The van der Waals surface area contributed by atoms with Crippen molar-refractivity contribution >= 4 is 11.7 Å². The molecule has 0 spiro atoms. The quantitative estimate of drug-likeness (QED) is 0.796. The smallest absolute Gasteiger partial charge is 0.309 e. The molecule has 1 fully saturated rings. The number of anilines is 1. The van der Waals surface area contributed by atoms with E-state index in [0.29, 0.717) is 38.2 Å². The van der Waals surface area contributed by atoms with Gasteiger partial charge in [-0.05, 0) is 31.9 Å². The Labute approximate surface area is 117 Å². The largest absolute Gasteiger partial charge is 0.466 e. The van der Waals surface area contributed by atoms with E-state index in [2.05, 4.69) is 0 Å². The van der Waals surface area contributed by atoms with Gasteiger partial charge in [0.15, 0.2) is 0 Å². The summed E-state index contributed by atoms with van der Waals surface area (Å²) in [7, 11) is 0. The van der Waals surface area contributed by atoms with Crippen LogP contribution in [0.3, 0.4) is 0 Å². The van der Waals surface area contributed by atoms with E-state index < -0.39 is 5.82 Å². The molecule has 0 unspecified atom stereocenters. The number of piperidine rings is 1. The van der Waals surface area contributed by atoms with Crippen molar-refractivity contribution in [2.75, 3.05) is 24.6 Å². The number of hydrogen-bond acceptors (Lipinski definition) is 4. The van der Waals surface area contributed by atoms with Gasteiger partial charge in [-0.3, -0.25) is 4.79 Å². The fraction of sp³-hybridized carbons (Fsp3) is 0.467. The second-order valence-corrected chi connectivity index (χ2v) is 4.76. The Balaban J connectivity index is 2.06. The summed E-state index contributed by atoms with van der Waals surface area (Å²) in [5, 5.41) is 9.05. The number of nitriles is 1. The first-order chi connectivity index (χ1) is 9.67. The van der Waals surface area contributed by atoms with Crippen LogP contribution in [0.15, 0.2) is 18.2 Å². The standard InChI is InChI=1S/C15H17FN2O2/c1-2-20-15(19)11-6-8-18(9-7-11)14-5-3-4-13(16)12(14)10-17/h3-5,11H,2,6-9H2,1H3. The van der Waals surface area contributed by atoms with Crippen LogP contribution in [0, 0.1) is 23.1 Å². The Bertz CT molecular complexity index is 531. The van der Waals surface area contributed by atoms with E-state index in [-0.39, 0.29) is 17.5 Å². The first-order valence-corrected chi connectivity index (χ1v) is 6.77. The molecule has 1 saturated heterocycles. The third-order valence-corrected chi connectivity index (χ3v) is 3.56. The average molecular weight is 276 g/mol. The third kappa shape index (κ3) is 2.90. The minimum atomic E-state index is -0.502. The van der Waals surface area contributed by atoms with E-state index in [4.69, 9.17) is 10.00 Å². The third-order valence-electron chi connectivity index (χ3n) is 3.56. The average Bonchev–Trinajstić information content (AvgIpc) is 2.47. The van der Waals surface area contributed by atoms with Crippen LogP contribution in [0.1, 0.15) is 25.3 Å². The van der Waals surface area contributed by atoms with Crippen molar-refractivity contribution < 1.29 is 13.9 Å². The number of nitrogens with zero attached hydrogens (tertiary/aromatic N) is 2. The lowest BCUT2D eigenvalue weighted by molar-refractivity contribution is -0.148. The summed E-state index contributed by atoms with van der Waals surface area (Å²) in [6.07, 6.45) is 1.33. The fourth-order valence-corrected chi connectivity index (χ4v) is 2.50. The van der Waals surface area contributed by atoms with Crippen LogP contribution in [0.2, 0.25) is 0 Å². The van der Waals surface area contributed by atoms with E-state index in [1.165, 1.54) is 6.07 Å². The van der Waals surface area contributed by atoms with E-state index in [1.807, 2.05) is 11.0 Å². The van der Waals surface area contributed by atoms with Gasteiger partial charge in [0.25, 0.3) is 0 Å². The van der Waals surface area contributed by atoms with Gasteiger partial charge in [0.2, 0.25) is 0 Å². The Morgan fingerprint density at radius 1 is 1.50 bits per heavy atom. The topological polar surface area (TPSA) is 53.3 Å². The molecule has 0 aromatic heterocycles. The highest BCUT2D eigenvalue weighted by atomic mass is 19.1. The van der Waals surface area contributed by atoms with Crippen molar-refractivity contribution in [3.63, 3.8) is 0 Å². The maximum Gasteiger partial charge on any atom is 0.309 e. The monoisotopic (exact) mass is 276 g/mol. The van der Waals surface area contributed by atoms with E-state index in [1.54, 1.807) is 19.1 Å². The molecule has 1 aromatic rings. The molecule has 0 saturated carbocycles. The van der Waals surface area contributed by atoms with E-state index >= 15 is 0 Å². The number of hydrogen-bond donors (Lipinski definition) is 0. The van der Waals surface area contributed by atoms with Crippen molar-refractivity contribution in [3.8, 4) is 6.07 Å². The molecule has 0 aliphatic carbocycles. The summed E-state index contributed by atoms with van der Waals surface area (Å²) >= 11 is 0. The van der Waals surface area contributed by atoms with E-state index in [0.717, 1.165) is 0 Å². The number of esters is 1. The molecular weight excluding hydrogens is 259 g/mol. The summed E-state index contributed by atoms with van der Waals surface area (Å²) in [6.45, 7) is 3.43. The lowest BCUT2D eigenvalue weighted by Crippen LogP contribution is -2.37. The molecule has 1 aromatic carbocycles. The number of carbonyl (C=O) groups is 1. The summed E-state index contributed by atoms with van der Waals surface area (Å²) in [6, 6.07) is 6.53. The van der Waals surface area contributed by atoms with Gasteiger partial charge in [-0.1, -0.05) is 6.07 Å². The van der Waals surface area contributed by atoms with Gasteiger partial charge in [0, 0.05) is 13.1 Å². The highest BCUT2D eigenvalue weighted by Crippen LogP contribution is 2.27. The molecule has 1 aliphatic heterocycles. The number of benzene rings is 1. The summed E-state index contributed by atoms with van der Waals surface area (Å²) in [5.41, 5.74) is 0.678. The van der Waals surface area contributed by atoms with Crippen LogP contribution in [0.4, 0.5) is 10.1 Å². The molecule has 0 N–H and O–H groups in total. The lowest BCUT2D eigenvalue weighted by Gasteiger charge is -2.33. The molecule has 0 radical (unpaired) electrons. The molecule has 2 rings (SSSR count). The summed E-state index contributed by atoms with van der Waals surface area (Å²) < 4.78 is 18.6. The Morgan fingerprint density at radius 3 is 2.80 bits per heavy atom. The second-order valence-electron chi connectivity index (χ2n) is 4.76. The van der Waals surface area contributed by atoms with Gasteiger partial charge in [-0.15, -0.1) is 0 Å². The summed E-state index contributed by atoms with van der Waals surface area (Å²) in [5.74, 6) is -0.755. The van der Waals surface area contributed by atoms with Crippen molar-refractivity contribution in [1.82, 2.24) is 0 Å².